The van der Waals surface area contributed by atoms with E-state index in [4.69, 9.17) is 10.00 Å². The fourth-order valence-corrected chi connectivity index (χ4v) is 0.870. The van der Waals surface area contributed by atoms with Crippen LogP contribution in [0.3, 0.4) is 0 Å². The second kappa shape index (κ2) is 14.4. The van der Waals surface area contributed by atoms with Crippen molar-refractivity contribution in [3.63, 3.8) is 0 Å². The summed E-state index contributed by atoms with van der Waals surface area (Å²) in [5.41, 5.74) is 0. The van der Waals surface area contributed by atoms with Gasteiger partial charge in [0.1, 0.15) is 0 Å². The van der Waals surface area contributed by atoms with Crippen molar-refractivity contribution in [2.45, 2.75) is 6.42 Å². The van der Waals surface area contributed by atoms with Crippen molar-refractivity contribution in [2.24, 2.45) is 0 Å². The average molecular weight is 258 g/mol. The van der Waals surface area contributed by atoms with E-state index in [2.05, 4.69) is 44.1 Å². The molecule has 0 N–H and O–H groups in total. The Kier molecular flexibility index (Phi) is 15.7. The second-order valence-corrected chi connectivity index (χ2v) is 4.93. The van der Waals surface area contributed by atoms with Gasteiger partial charge in [0, 0.05) is 26.1 Å². The van der Waals surface area contributed by atoms with Gasteiger partial charge in [0.25, 0.3) is 0 Å². The molecule has 0 aromatic carbocycles. The number of likely N-dealkylation sites (N-methyl/N-ethyl adjacent to an activating group) is 2. The molecule has 0 aromatic rings. The second-order valence-electron chi connectivity index (χ2n) is 4.93. The van der Waals surface area contributed by atoms with Crippen molar-refractivity contribution in [2.75, 3.05) is 75.1 Å². The first-order valence-electron chi connectivity index (χ1n) is 6.29. The molecule has 0 spiro atoms. The Morgan fingerprint density at radius 2 is 1.17 bits per heavy atom. The van der Waals surface area contributed by atoms with Crippen LogP contribution in [-0.2, 0) is 4.74 Å². The van der Waals surface area contributed by atoms with Crippen LogP contribution in [0.1, 0.15) is 6.42 Å². The predicted molar refractivity (Wildman–Crippen MR) is 76.7 cm³/mol. The van der Waals surface area contributed by atoms with Gasteiger partial charge in [-0.25, -0.2) is 0 Å². The molecular weight excluding hydrogens is 228 g/mol. The number of nitrogens with zero attached hydrogens (tertiary/aromatic N) is 4. The summed E-state index contributed by atoms with van der Waals surface area (Å²) in [6.45, 7) is 4.55. The van der Waals surface area contributed by atoms with Crippen molar-refractivity contribution in [1.29, 1.82) is 5.26 Å². The normalized spacial score (nSPS) is 10.4. The molecule has 0 atom stereocenters. The van der Waals surface area contributed by atoms with Crippen molar-refractivity contribution in [1.82, 2.24) is 14.7 Å². The zero-order valence-corrected chi connectivity index (χ0v) is 12.9. The Bertz CT molecular complexity index is 190. The molecule has 0 aliphatic rings. The monoisotopic (exact) mass is 258 g/mol. The standard InChI is InChI=1S/C8H20N2O.C5H10N2/c1-9(2)5-7-11-8-6-10(3)4;1-7(2)5-3-4-6/h5-8H2,1-4H3;3,5H2,1-2H3. The summed E-state index contributed by atoms with van der Waals surface area (Å²) < 4.78 is 5.37. The van der Waals surface area contributed by atoms with Gasteiger partial charge >= 0.3 is 0 Å². The lowest BCUT2D eigenvalue weighted by Gasteiger charge is -2.12. The van der Waals surface area contributed by atoms with E-state index in [0.717, 1.165) is 32.8 Å². The topological polar surface area (TPSA) is 42.7 Å². The summed E-state index contributed by atoms with van der Waals surface area (Å²) in [5.74, 6) is 0. The lowest BCUT2D eigenvalue weighted by molar-refractivity contribution is 0.104. The quantitative estimate of drug-likeness (QED) is 0.596. The van der Waals surface area contributed by atoms with Crippen molar-refractivity contribution in [3.05, 3.63) is 0 Å². The van der Waals surface area contributed by atoms with E-state index >= 15 is 0 Å². The SMILES string of the molecule is CN(C)CCC#N.CN(C)CCOCCN(C)C. The minimum atomic E-state index is 0.632. The number of hydrogen-bond acceptors (Lipinski definition) is 5. The van der Waals surface area contributed by atoms with Crippen LogP contribution in [-0.4, -0.2) is 89.8 Å². The molecule has 0 rings (SSSR count). The summed E-state index contributed by atoms with van der Waals surface area (Å²) >= 11 is 0. The molecular formula is C13H30N4O. The highest BCUT2D eigenvalue weighted by Crippen LogP contribution is 1.80. The highest BCUT2D eigenvalue weighted by atomic mass is 16.5. The zero-order chi connectivity index (χ0) is 14.4. The van der Waals surface area contributed by atoms with Crippen molar-refractivity contribution in [3.8, 4) is 6.07 Å². The van der Waals surface area contributed by atoms with E-state index < -0.39 is 0 Å². The third kappa shape index (κ3) is 24.5. The van der Waals surface area contributed by atoms with Crippen molar-refractivity contribution < 1.29 is 4.74 Å². The molecule has 0 heterocycles. The summed E-state index contributed by atoms with van der Waals surface area (Å²) in [4.78, 5) is 6.23. The highest BCUT2D eigenvalue weighted by molar-refractivity contribution is 4.69. The zero-order valence-electron chi connectivity index (χ0n) is 12.9. The number of rotatable bonds is 8. The number of ether oxygens (including phenoxy) is 1. The summed E-state index contributed by atoms with van der Waals surface area (Å²) in [5, 5.41) is 8.04. The van der Waals surface area contributed by atoms with Gasteiger partial charge in [-0.05, 0) is 42.3 Å². The van der Waals surface area contributed by atoms with Gasteiger partial charge < -0.3 is 19.4 Å². The van der Waals surface area contributed by atoms with Gasteiger partial charge in [-0.15, -0.1) is 0 Å². The lowest BCUT2D eigenvalue weighted by atomic mass is 10.4. The first-order chi connectivity index (χ1) is 8.40. The fourth-order valence-electron chi connectivity index (χ4n) is 0.870. The van der Waals surface area contributed by atoms with Gasteiger partial charge in [-0.3, -0.25) is 0 Å². The van der Waals surface area contributed by atoms with E-state index in [1.807, 2.05) is 19.0 Å². The average Bonchev–Trinajstić information content (AvgIpc) is 2.26. The molecule has 0 unspecified atom stereocenters. The Morgan fingerprint density at radius 3 is 1.39 bits per heavy atom. The van der Waals surface area contributed by atoms with E-state index in [0.29, 0.717) is 6.42 Å². The van der Waals surface area contributed by atoms with Crippen LogP contribution < -0.4 is 0 Å². The first kappa shape index (κ1) is 19.7. The Morgan fingerprint density at radius 1 is 0.778 bits per heavy atom. The van der Waals surface area contributed by atoms with Gasteiger partial charge in [-0.1, -0.05) is 0 Å². The lowest BCUT2D eigenvalue weighted by Crippen LogP contribution is -2.22. The molecule has 108 valence electrons. The molecule has 0 fully saturated rings. The molecule has 0 aliphatic carbocycles. The molecule has 0 aromatic heterocycles. The largest absolute Gasteiger partial charge is 0.379 e. The summed E-state index contributed by atoms with van der Waals surface area (Å²) in [6, 6.07) is 2.06. The molecule has 5 nitrogen and oxygen atoms in total. The maximum Gasteiger partial charge on any atom is 0.0635 e. The van der Waals surface area contributed by atoms with Gasteiger partial charge in [0.05, 0.1) is 19.3 Å². The Balaban J connectivity index is 0. The Hall–Kier alpha value is -0.670. The van der Waals surface area contributed by atoms with Gasteiger partial charge in [0.2, 0.25) is 0 Å². The molecule has 18 heavy (non-hydrogen) atoms. The first-order valence-corrected chi connectivity index (χ1v) is 6.29. The van der Waals surface area contributed by atoms with Crippen LogP contribution in [0.25, 0.3) is 0 Å². The van der Waals surface area contributed by atoms with Crippen LogP contribution in [0.5, 0.6) is 0 Å². The van der Waals surface area contributed by atoms with Gasteiger partial charge in [-0.2, -0.15) is 5.26 Å². The molecule has 0 radical (unpaired) electrons. The molecule has 0 bridgehead atoms. The summed E-state index contributed by atoms with van der Waals surface area (Å²) in [7, 11) is 12.1. The van der Waals surface area contributed by atoms with Crippen LogP contribution in [0, 0.1) is 11.3 Å². The van der Waals surface area contributed by atoms with E-state index in [1.165, 1.54) is 0 Å². The predicted octanol–water partition coefficient (Wildman–Crippen LogP) is 0.588. The van der Waals surface area contributed by atoms with Gasteiger partial charge in [0.15, 0.2) is 0 Å². The van der Waals surface area contributed by atoms with E-state index in [-0.39, 0.29) is 0 Å². The van der Waals surface area contributed by atoms with E-state index in [9.17, 15) is 0 Å². The highest BCUT2D eigenvalue weighted by Gasteiger charge is 1.91. The third-order valence-corrected chi connectivity index (χ3v) is 2.04. The Labute approximate surface area is 113 Å². The van der Waals surface area contributed by atoms with Crippen LogP contribution in [0.2, 0.25) is 0 Å². The van der Waals surface area contributed by atoms with E-state index in [1.54, 1.807) is 0 Å². The number of hydrogen-bond donors (Lipinski definition) is 0. The van der Waals surface area contributed by atoms with Crippen LogP contribution >= 0.6 is 0 Å². The molecule has 0 saturated carbocycles. The maximum absolute atomic E-state index is 8.04. The third-order valence-electron chi connectivity index (χ3n) is 2.04. The maximum atomic E-state index is 8.04. The van der Waals surface area contributed by atoms with Crippen LogP contribution in [0.15, 0.2) is 0 Å². The molecule has 5 heteroatoms. The minimum absolute atomic E-state index is 0.632. The molecule has 0 aliphatic heterocycles. The summed E-state index contributed by atoms with van der Waals surface area (Å²) in [6.07, 6.45) is 0.632. The fraction of sp³-hybridized carbons (Fsp3) is 0.923. The minimum Gasteiger partial charge on any atom is -0.379 e. The number of nitriles is 1. The molecule has 0 amide bonds. The smallest absolute Gasteiger partial charge is 0.0635 e. The molecule has 0 saturated heterocycles. The van der Waals surface area contributed by atoms with Crippen LogP contribution in [0.4, 0.5) is 0 Å². The van der Waals surface area contributed by atoms with Crippen molar-refractivity contribution >= 4 is 0 Å².